The molecule has 1 amide bonds. The predicted octanol–water partition coefficient (Wildman–Crippen LogP) is 1.46. The van der Waals surface area contributed by atoms with Gasteiger partial charge in [-0.05, 0) is 42.9 Å². The molecule has 0 radical (unpaired) electrons. The lowest BCUT2D eigenvalue weighted by Crippen LogP contribution is -2.18. The molecule has 2 atom stereocenters. The van der Waals surface area contributed by atoms with Gasteiger partial charge in [-0.15, -0.1) is 0 Å². The molecule has 0 aliphatic heterocycles. The summed E-state index contributed by atoms with van der Waals surface area (Å²) in [5.74, 6) is -0.0828. The number of nitrogens with two attached hydrogens (primary N) is 1. The van der Waals surface area contributed by atoms with Crippen molar-refractivity contribution in [3.8, 4) is 0 Å². The molecule has 1 aromatic rings. The van der Waals surface area contributed by atoms with E-state index in [0.29, 0.717) is 11.8 Å². The number of hydrogen-bond donors (Lipinski definition) is 2. The highest BCUT2D eigenvalue weighted by molar-refractivity contribution is 7.89. The van der Waals surface area contributed by atoms with Crippen LogP contribution in [0.5, 0.6) is 0 Å². The van der Waals surface area contributed by atoms with Crippen molar-refractivity contribution < 1.29 is 17.6 Å². The zero-order valence-electron chi connectivity index (χ0n) is 10.7. The van der Waals surface area contributed by atoms with E-state index in [-0.39, 0.29) is 17.5 Å². The van der Waals surface area contributed by atoms with Gasteiger partial charge in [0.15, 0.2) is 0 Å². The molecule has 2 unspecified atom stereocenters. The largest absolute Gasteiger partial charge is 0.326 e. The van der Waals surface area contributed by atoms with E-state index in [2.05, 4.69) is 5.32 Å². The molecular weight excluding hydrogens is 283 g/mol. The van der Waals surface area contributed by atoms with E-state index >= 15 is 0 Å². The minimum atomic E-state index is -4.08. The molecule has 0 bridgehead atoms. The second kappa shape index (κ2) is 4.53. The number of carbonyl (C=O) groups is 1. The molecule has 2 aliphatic rings. The quantitative estimate of drug-likeness (QED) is 0.885. The standard InChI is InChI=1S/C13H15FN2O3S/c14-10-6-7(4-5-11(10)20(15,18)19)16-13(17)12-8-2-1-3-9(8)12/h4-6,8-9,12H,1-3H2,(H,16,17)(H2,15,18,19). The summed E-state index contributed by atoms with van der Waals surface area (Å²) in [6.07, 6.45) is 3.35. The number of sulfonamides is 1. The van der Waals surface area contributed by atoms with E-state index in [1.807, 2.05) is 0 Å². The van der Waals surface area contributed by atoms with Crippen LogP contribution >= 0.6 is 0 Å². The Morgan fingerprint density at radius 1 is 1.30 bits per heavy atom. The minimum Gasteiger partial charge on any atom is -0.326 e. The Morgan fingerprint density at radius 3 is 2.50 bits per heavy atom. The molecule has 0 aromatic heterocycles. The van der Waals surface area contributed by atoms with Crippen molar-refractivity contribution >= 4 is 21.6 Å². The summed E-state index contributed by atoms with van der Waals surface area (Å²) in [6.45, 7) is 0. The van der Waals surface area contributed by atoms with Gasteiger partial charge in [-0.1, -0.05) is 6.42 Å². The van der Waals surface area contributed by atoms with Gasteiger partial charge in [0.1, 0.15) is 10.7 Å². The fourth-order valence-electron chi connectivity index (χ4n) is 3.25. The van der Waals surface area contributed by atoms with Crippen molar-refractivity contribution in [1.29, 1.82) is 0 Å². The van der Waals surface area contributed by atoms with Gasteiger partial charge in [0, 0.05) is 11.6 Å². The minimum absolute atomic E-state index is 0.0322. The highest BCUT2D eigenvalue weighted by Gasteiger charge is 2.56. The van der Waals surface area contributed by atoms with Crippen molar-refractivity contribution in [2.75, 3.05) is 5.32 Å². The maximum atomic E-state index is 13.6. The van der Waals surface area contributed by atoms with Gasteiger partial charge in [-0.2, -0.15) is 0 Å². The number of rotatable bonds is 3. The molecule has 7 heteroatoms. The van der Waals surface area contributed by atoms with E-state index in [1.54, 1.807) is 0 Å². The lowest BCUT2D eigenvalue weighted by Gasteiger charge is -2.08. The van der Waals surface area contributed by atoms with Crippen LogP contribution in [0.4, 0.5) is 10.1 Å². The van der Waals surface area contributed by atoms with Crippen molar-refractivity contribution in [3.05, 3.63) is 24.0 Å². The molecule has 3 rings (SSSR count). The van der Waals surface area contributed by atoms with E-state index in [9.17, 15) is 17.6 Å². The van der Waals surface area contributed by atoms with E-state index < -0.39 is 20.7 Å². The van der Waals surface area contributed by atoms with Crippen LogP contribution < -0.4 is 10.5 Å². The van der Waals surface area contributed by atoms with Crippen LogP contribution in [0.3, 0.4) is 0 Å². The first kappa shape index (κ1) is 13.5. The number of primary sulfonamides is 1. The number of anilines is 1. The van der Waals surface area contributed by atoms with E-state index in [0.717, 1.165) is 25.0 Å². The highest BCUT2D eigenvalue weighted by atomic mass is 32.2. The number of carbonyl (C=O) groups excluding carboxylic acids is 1. The second-order valence-corrected chi connectivity index (χ2v) is 6.99. The lowest BCUT2D eigenvalue weighted by atomic mass is 10.1. The Bertz CT molecular complexity index is 664. The van der Waals surface area contributed by atoms with Crippen molar-refractivity contribution in [1.82, 2.24) is 0 Å². The summed E-state index contributed by atoms with van der Waals surface area (Å²) >= 11 is 0. The summed E-state index contributed by atoms with van der Waals surface area (Å²) in [7, 11) is -4.08. The first-order chi connectivity index (χ1) is 9.38. The number of hydrogen-bond acceptors (Lipinski definition) is 3. The van der Waals surface area contributed by atoms with Gasteiger partial charge in [-0.25, -0.2) is 17.9 Å². The van der Waals surface area contributed by atoms with Crippen molar-refractivity contribution in [2.24, 2.45) is 22.9 Å². The predicted molar refractivity (Wildman–Crippen MR) is 70.7 cm³/mol. The monoisotopic (exact) mass is 298 g/mol. The van der Waals surface area contributed by atoms with E-state index in [4.69, 9.17) is 5.14 Å². The zero-order valence-corrected chi connectivity index (χ0v) is 11.5. The van der Waals surface area contributed by atoms with Crippen LogP contribution in [0.25, 0.3) is 0 Å². The molecule has 1 aromatic carbocycles. The number of benzene rings is 1. The third-order valence-corrected chi connectivity index (χ3v) is 5.16. The Labute approximate surface area is 116 Å². The third kappa shape index (κ3) is 2.31. The molecule has 0 heterocycles. The molecule has 0 saturated heterocycles. The maximum absolute atomic E-state index is 13.6. The number of amides is 1. The van der Waals surface area contributed by atoms with Crippen LogP contribution in [0.15, 0.2) is 23.1 Å². The Balaban J connectivity index is 1.72. The van der Waals surface area contributed by atoms with Crippen molar-refractivity contribution in [3.63, 3.8) is 0 Å². The number of fused-ring (bicyclic) bond motifs is 1. The van der Waals surface area contributed by atoms with Crippen LogP contribution in [0.1, 0.15) is 19.3 Å². The zero-order chi connectivity index (χ0) is 14.5. The van der Waals surface area contributed by atoms with Crippen LogP contribution in [0.2, 0.25) is 0 Å². The SMILES string of the molecule is NS(=O)(=O)c1ccc(NC(=O)C2C3CCCC32)cc1F. The Morgan fingerprint density at radius 2 is 1.95 bits per heavy atom. The first-order valence-electron chi connectivity index (χ1n) is 6.51. The Kier molecular flexibility index (Phi) is 3.06. The van der Waals surface area contributed by atoms with Crippen molar-refractivity contribution in [2.45, 2.75) is 24.2 Å². The normalized spacial score (nSPS) is 28.0. The van der Waals surface area contributed by atoms with E-state index in [1.165, 1.54) is 12.5 Å². The summed E-state index contributed by atoms with van der Waals surface area (Å²) < 4.78 is 35.8. The molecule has 5 nitrogen and oxygen atoms in total. The van der Waals surface area contributed by atoms with Gasteiger partial charge in [0.05, 0.1) is 0 Å². The second-order valence-electron chi connectivity index (χ2n) is 5.46. The topological polar surface area (TPSA) is 89.3 Å². The highest BCUT2D eigenvalue weighted by Crippen LogP contribution is 2.57. The number of nitrogens with one attached hydrogen (secondary N) is 1. The first-order valence-corrected chi connectivity index (χ1v) is 8.06. The number of halogens is 1. The third-order valence-electron chi connectivity index (χ3n) is 4.22. The Hall–Kier alpha value is -1.47. The van der Waals surface area contributed by atoms with Crippen LogP contribution in [0, 0.1) is 23.6 Å². The summed E-state index contributed by atoms with van der Waals surface area (Å²) in [5.41, 5.74) is 0.255. The summed E-state index contributed by atoms with van der Waals surface area (Å²) in [4.78, 5) is 11.4. The fourth-order valence-corrected chi connectivity index (χ4v) is 3.83. The van der Waals surface area contributed by atoms with Gasteiger partial charge in [0.2, 0.25) is 15.9 Å². The maximum Gasteiger partial charge on any atom is 0.240 e. The molecule has 3 N–H and O–H groups in total. The molecule has 20 heavy (non-hydrogen) atoms. The molecule has 0 spiro atoms. The lowest BCUT2D eigenvalue weighted by molar-refractivity contribution is -0.118. The smallest absolute Gasteiger partial charge is 0.240 e. The van der Waals surface area contributed by atoms with Gasteiger partial charge in [0.25, 0.3) is 0 Å². The summed E-state index contributed by atoms with van der Waals surface area (Å²) in [5, 5.41) is 7.51. The average molecular weight is 298 g/mol. The molecule has 2 fully saturated rings. The van der Waals surface area contributed by atoms with Gasteiger partial charge >= 0.3 is 0 Å². The van der Waals surface area contributed by atoms with Gasteiger partial charge < -0.3 is 5.32 Å². The molecule has 108 valence electrons. The van der Waals surface area contributed by atoms with Crippen LogP contribution in [-0.2, 0) is 14.8 Å². The van der Waals surface area contributed by atoms with Crippen LogP contribution in [-0.4, -0.2) is 14.3 Å². The molecular formula is C13H15FN2O3S. The van der Waals surface area contributed by atoms with Gasteiger partial charge in [-0.3, -0.25) is 4.79 Å². The molecule has 2 saturated carbocycles. The molecule has 2 aliphatic carbocycles. The summed E-state index contributed by atoms with van der Waals surface area (Å²) in [6, 6.07) is 3.39. The fraction of sp³-hybridized carbons (Fsp3) is 0.462. The average Bonchev–Trinajstić information content (AvgIpc) is 2.82.